The SMILES string of the molecule is C=CN(C)c1cccc(-c2nncn2C(C)C)n1. The van der Waals surface area contributed by atoms with Crippen molar-refractivity contribution in [1.82, 2.24) is 19.7 Å². The summed E-state index contributed by atoms with van der Waals surface area (Å²) in [4.78, 5) is 6.42. The fourth-order valence-corrected chi connectivity index (χ4v) is 1.64. The molecule has 0 bridgehead atoms. The molecule has 94 valence electrons. The van der Waals surface area contributed by atoms with Crippen molar-refractivity contribution in [2.75, 3.05) is 11.9 Å². The van der Waals surface area contributed by atoms with Gasteiger partial charge in [0.25, 0.3) is 0 Å². The number of pyridine rings is 1. The molecule has 0 fully saturated rings. The summed E-state index contributed by atoms with van der Waals surface area (Å²) in [6.07, 6.45) is 3.45. The van der Waals surface area contributed by atoms with Gasteiger partial charge in [-0.1, -0.05) is 12.6 Å². The Morgan fingerprint density at radius 2 is 2.17 bits per heavy atom. The van der Waals surface area contributed by atoms with Crippen LogP contribution >= 0.6 is 0 Å². The van der Waals surface area contributed by atoms with Gasteiger partial charge in [-0.15, -0.1) is 10.2 Å². The number of hydrogen-bond acceptors (Lipinski definition) is 4. The predicted octanol–water partition coefficient (Wildman–Crippen LogP) is 2.50. The summed E-state index contributed by atoms with van der Waals surface area (Å²) in [6, 6.07) is 6.12. The normalized spacial score (nSPS) is 10.7. The average molecular weight is 243 g/mol. The third-order valence-corrected chi connectivity index (χ3v) is 2.73. The van der Waals surface area contributed by atoms with E-state index in [-0.39, 0.29) is 0 Å². The van der Waals surface area contributed by atoms with E-state index >= 15 is 0 Å². The first-order chi connectivity index (χ1) is 8.63. The topological polar surface area (TPSA) is 46.8 Å². The maximum atomic E-state index is 4.56. The van der Waals surface area contributed by atoms with Crippen molar-refractivity contribution < 1.29 is 0 Å². The molecule has 0 atom stereocenters. The Morgan fingerprint density at radius 3 is 2.83 bits per heavy atom. The second-order valence-corrected chi connectivity index (χ2v) is 4.33. The Balaban J connectivity index is 2.44. The monoisotopic (exact) mass is 243 g/mol. The van der Waals surface area contributed by atoms with Crippen LogP contribution in [0.25, 0.3) is 11.5 Å². The number of aromatic nitrogens is 4. The van der Waals surface area contributed by atoms with Crippen molar-refractivity contribution in [2.24, 2.45) is 0 Å². The Kier molecular flexibility index (Phi) is 3.41. The highest BCUT2D eigenvalue weighted by Gasteiger charge is 2.11. The smallest absolute Gasteiger partial charge is 0.182 e. The minimum Gasteiger partial charge on any atom is -0.337 e. The molecule has 0 spiro atoms. The van der Waals surface area contributed by atoms with Gasteiger partial charge in [-0.05, 0) is 32.2 Å². The molecule has 0 unspecified atom stereocenters. The van der Waals surface area contributed by atoms with Crippen LogP contribution in [0, 0.1) is 0 Å². The fraction of sp³-hybridized carbons (Fsp3) is 0.308. The second-order valence-electron chi connectivity index (χ2n) is 4.33. The number of hydrogen-bond donors (Lipinski definition) is 0. The maximum absolute atomic E-state index is 4.56. The highest BCUT2D eigenvalue weighted by molar-refractivity contribution is 5.54. The Hall–Kier alpha value is -2.17. The number of rotatable bonds is 4. The molecule has 0 aliphatic carbocycles. The Labute approximate surface area is 107 Å². The van der Waals surface area contributed by atoms with Gasteiger partial charge in [0.15, 0.2) is 5.82 Å². The first-order valence-corrected chi connectivity index (χ1v) is 5.86. The molecule has 0 saturated carbocycles. The van der Waals surface area contributed by atoms with Gasteiger partial charge in [-0.25, -0.2) is 4.98 Å². The van der Waals surface area contributed by atoms with Crippen LogP contribution in [0.5, 0.6) is 0 Å². The van der Waals surface area contributed by atoms with Crippen LogP contribution in [0.4, 0.5) is 5.82 Å². The molecule has 2 heterocycles. The van der Waals surface area contributed by atoms with Crippen molar-refractivity contribution in [1.29, 1.82) is 0 Å². The van der Waals surface area contributed by atoms with Gasteiger partial charge in [0, 0.05) is 13.1 Å². The summed E-state index contributed by atoms with van der Waals surface area (Å²) in [5, 5.41) is 8.09. The first-order valence-electron chi connectivity index (χ1n) is 5.86. The zero-order valence-corrected chi connectivity index (χ0v) is 10.9. The van der Waals surface area contributed by atoms with Gasteiger partial charge < -0.3 is 9.47 Å². The number of anilines is 1. The lowest BCUT2D eigenvalue weighted by molar-refractivity contribution is 0.603. The van der Waals surface area contributed by atoms with Crippen molar-refractivity contribution in [2.45, 2.75) is 19.9 Å². The molecular formula is C13H17N5. The highest BCUT2D eigenvalue weighted by Crippen LogP contribution is 2.20. The van der Waals surface area contributed by atoms with Crippen molar-refractivity contribution >= 4 is 5.82 Å². The standard InChI is InChI=1S/C13H17N5/c1-5-17(4)12-8-6-7-11(15-12)13-16-14-9-18(13)10(2)3/h5-10H,1H2,2-4H3. The quantitative estimate of drug-likeness (QED) is 0.827. The van der Waals surface area contributed by atoms with Crippen LogP contribution < -0.4 is 4.90 Å². The van der Waals surface area contributed by atoms with Crippen LogP contribution in [0.2, 0.25) is 0 Å². The summed E-state index contributed by atoms with van der Waals surface area (Å²) in [7, 11) is 1.91. The van der Waals surface area contributed by atoms with Crippen molar-refractivity contribution in [3.05, 3.63) is 37.3 Å². The van der Waals surface area contributed by atoms with E-state index in [1.54, 1.807) is 12.5 Å². The van der Waals surface area contributed by atoms with Crippen molar-refractivity contribution in [3.63, 3.8) is 0 Å². The molecule has 0 amide bonds. The summed E-state index contributed by atoms with van der Waals surface area (Å²) in [6.45, 7) is 7.91. The molecule has 0 aliphatic rings. The zero-order valence-electron chi connectivity index (χ0n) is 10.9. The molecular weight excluding hydrogens is 226 g/mol. The van der Waals surface area contributed by atoms with Crippen molar-refractivity contribution in [3.8, 4) is 11.5 Å². The largest absolute Gasteiger partial charge is 0.337 e. The molecule has 0 N–H and O–H groups in total. The van der Waals surface area contributed by atoms with E-state index in [1.807, 2.05) is 34.7 Å². The molecule has 0 radical (unpaired) electrons. The lowest BCUT2D eigenvalue weighted by Gasteiger charge is -2.14. The molecule has 18 heavy (non-hydrogen) atoms. The number of nitrogens with zero attached hydrogens (tertiary/aromatic N) is 5. The Morgan fingerprint density at radius 1 is 1.39 bits per heavy atom. The Bertz CT molecular complexity index is 544. The van der Waals surface area contributed by atoms with E-state index in [1.165, 1.54) is 0 Å². The predicted molar refractivity (Wildman–Crippen MR) is 72.2 cm³/mol. The van der Waals surface area contributed by atoms with Crippen LogP contribution in [0.1, 0.15) is 19.9 Å². The van der Waals surface area contributed by atoms with Crippen LogP contribution in [0.3, 0.4) is 0 Å². The molecule has 0 aromatic carbocycles. The zero-order chi connectivity index (χ0) is 13.1. The first kappa shape index (κ1) is 12.3. The van der Waals surface area contributed by atoms with Gasteiger partial charge in [0.2, 0.25) is 0 Å². The highest BCUT2D eigenvalue weighted by atomic mass is 15.3. The summed E-state index contributed by atoms with van der Waals surface area (Å²) in [5.74, 6) is 1.62. The molecule has 2 aromatic heterocycles. The molecule has 2 aromatic rings. The average Bonchev–Trinajstić information content (AvgIpc) is 2.87. The summed E-state index contributed by atoms with van der Waals surface area (Å²) in [5.41, 5.74) is 0.812. The lowest BCUT2D eigenvalue weighted by atomic mass is 10.3. The minimum absolute atomic E-state index is 0.303. The maximum Gasteiger partial charge on any atom is 0.182 e. The molecule has 5 heteroatoms. The second kappa shape index (κ2) is 5.00. The molecule has 0 aliphatic heterocycles. The van der Waals surface area contributed by atoms with E-state index in [0.717, 1.165) is 17.3 Å². The summed E-state index contributed by atoms with van der Waals surface area (Å²) < 4.78 is 2.00. The van der Waals surface area contributed by atoms with Gasteiger partial charge in [0.1, 0.15) is 17.8 Å². The third kappa shape index (κ3) is 2.25. The fourth-order valence-electron chi connectivity index (χ4n) is 1.64. The van der Waals surface area contributed by atoms with E-state index < -0.39 is 0 Å². The van der Waals surface area contributed by atoms with Crippen LogP contribution in [-0.2, 0) is 0 Å². The minimum atomic E-state index is 0.303. The van der Waals surface area contributed by atoms with Crippen LogP contribution in [-0.4, -0.2) is 26.8 Å². The lowest BCUT2D eigenvalue weighted by Crippen LogP contribution is -2.10. The van der Waals surface area contributed by atoms with E-state index in [2.05, 4.69) is 35.6 Å². The summed E-state index contributed by atoms with van der Waals surface area (Å²) >= 11 is 0. The van der Waals surface area contributed by atoms with E-state index in [9.17, 15) is 0 Å². The van der Waals surface area contributed by atoms with E-state index in [0.29, 0.717) is 6.04 Å². The van der Waals surface area contributed by atoms with Gasteiger partial charge in [-0.3, -0.25) is 0 Å². The van der Waals surface area contributed by atoms with Gasteiger partial charge >= 0.3 is 0 Å². The third-order valence-electron chi connectivity index (χ3n) is 2.73. The van der Waals surface area contributed by atoms with Crippen LogP contribution in [0.15, 0.2) is 37.3 Å². The molecule has 0 saturated heterocycles. The molecule has 5 nitrogen and oxygen atoms in total. The van der Waals surface area contributed by atoms with E-state index in [4.69, 9.17) is 0 Å². The van der Waals surface area contributed by atoms with Gasteiger partial charge in [-0.2, -0.15) is 0 Å². The van der Waals surface area contributed by atoms with Gasteiger partial charge in [0.05, 0.1) is 0 Å². The molecule has 2 rings (SSSR count).